The van der Waals surface area contributed by atoms with E-state index in [1.165, 1.54) is 61.0 Å². The molecule has 5 aliphatic rings. The SMILES string of the molecule is CCC(=O)[C@@H](NC(=O)[C@H](CC(=O)O)CC(=O)[C@@H]1CCCN1C(=O)[C@H](C)NC(=O)[C@H](CO)CC(=O)[C@@H](NC(=O)[C@@H](CC(=O)CNC(=O)[C@@H](N)Cc1cnc[nH]1)C(C)C)C(C)O)C(C)O[C@H]1OC(CO[C@@H]2OC(CO)[C@@H](O)[C@H](O)C2C)[C@H](O)[C@H](O[C@@H]2OC(CO)[C@H](O)[C@H](O[C@]3(C(=O)O)C[C@@H](O)[C@@H](C)C([C@H](O)[C@H](O)CO)O3)C2O)C1C. The van der Waals surface area contributed by atoms with E-state index < -0.39 is 330 Å². The maximum atomic E-state index is 14.5. The highest BCUT2D eigenvalue weighted by Crippen LogP contribution is 2.41. The van der Waals surface area contributed by atoms with Crippen molar-refractivity contribution in [2.24, 2.45) is 47.2 Å². The number of aromatic nitrogens is 2. The first kappa shape index (κ1) is 95.1. The molecular weight excluding hydrogens is 1510 g/mol. The van der Waals surface area contributed by atoms with Gasteiger partial charge in [-0.25, -0.2) is 9.78 Å². The van der Waals surface area contributed by atoms with Crippen LogP contribution in [0.3, 0.4) is 0 Å². The third-order valence-corrected chi connectivity index (χ3v) is 21.4. The molecule has 6 rings (SSSR count). The smallest absolute Gasteiger partial charge is 0.364 e. The Morgan fingerprint density at radius 1 is 0.690 bits per heavy atom. The van der Waals surface area contributed by atoms with Crippen molar-refractivity contribution in [1.29, 1.82) is 0 Å². The van der Waals surface area contributed by atoms with Crippen LogP contribution in [0.4, 0.5) is 0 Å². The third kappa shape index (κ3) is 24.2. The molecule has 6 heterocycles. The van der Waals surface area contributed by atoms with Crippen LogP contribution in [0.5, 0.6) is 0 Å². The Hall–Kier alpha value is -6.70. The predicted molar refractivity (Wildman–Crippen MR) is 379 cm³/mol. The highest BCUT2D eigenvalue weighted by Gasteiger charge is 2.60. The summed E-state index contributed by atoms with van der Waals surface area (Å²) in [6.07, 6.45) is -35.4. The molecular formula is C71H114N8O34. The number of amides is 5. The van der Waals surface area contributed by atoms with Gasteiger partial charge in [0.2, 0.25) is 29.5 Å². The van der Waals surface area contributed by atoms with Crippen LogP contribution >= 0.6 is 0 Å². The fraction of sp³-hybridized carbons (Fsp3) is 0.803. The van der Waals surface area contributed by atoms with Crippen molar-refractivity contribution in [1.82, 2.24) is 36.1 Å². The number of aliphatic carboxylic acids is 2. The molecule has 5 saturated heterocycles. The van der Waals surface area contributed by atoms with Crippen LogP contribution < -0.4 is 27.0 Å². The minimum Gasteiger partial charge on any atom is -0.481 e. The van der Waals surface area contributed by atoms with E-state index in [0.29, 0.717) is 5.69 Å². The number of nitrogens with two attached hydrogens (primary N) is 1. The highest BCUT2D eigenvalue weighted by molar-refractivity contribution is 5.99. The number of hydrogen-bond donors (Lipinski definition) is 21. The number of H-pyrrole nitrogens is 1. The molecule has 5 fully saturated rings. The lowest BCUT2D eigenvalue weighted by Gasteiger charge is -2.50. The first-order valence-electron chi connectivity index (χ1n) is 37.7. The number of ketones is 4. The summed E-state index contributed by atoms with van der Waals surface area (Å²) in [6, 6.07) is -7.20. The van der Waals surface area contributed by atoms with Gasteiger partial charge >= 0.3 is 11.9 Å². The zero-order chi connectivity index (χ0) is 84.5. The number of likely N-dealkylation sites (tertiary alicyclic amines) is 1. The van der Waals surface area contributed by atoms with Gasteiger partial charge in [0.05, 0.1) is 113 Å². The van der Waals surface area contributed by atoms with Crippen molar-refractivity contribution in [3.63, 3.8) is 0 Å². The van der Waals surface area contributed by atoms with Crippen LogP contribution in [0, 0.1) is 41.4 Å². The lowest BCUT2D eigenvalue weighted by Crippen LogP contribution is -2.68. The lowest BCUT2D eigenvalue weighted by molar-refractivity contribution is -0.387. The Kier molecular flexibility index (Phi) is 36.2. The number of carboxylic acid groups (broad SMARTS) is 2. The van der Waals surface area contributed by atoms with E-state index in [1.807, 2.05) is 0 Å². The summed E-state index contributed by atoms with van der Waals surface area (Å²) < 4.78 is 48.0. The van der Waals surface area contributed by atoms with E-state index in [9.17, 15) is 129 Å². The standard InChI is InChI=1S/C71H114N8O34/c1-10-42(86)52(34(9)107-68-31(6)59(57(97)49(110-68)26-106-67-30(5)53(93)55(95)47(24-82)108-67)111-69-58(98)61(56(96)48(25-83)109-69)113-71(70(104)105)19-45(89)29(4)60(112-71)54(94)46(90)23-81)78-62(99)35(16-50(91)92)14-43(87)41-12-11-13-79(41)66(103)32(7)76-63(100)36(22-80)15-44(88)51(33(8)84)77-64(101)39(28(2)3)18-38(85)21-74-65(102)40(72)17-37-20-73-27-75-37/h20,27-36,39-41,45-49,51-61,67-69,80-84,89-90,93-98H,10-19,21-26,72H2,1-9H3,(H,73,75)(H,74,102)(H,76,100)(H,77,101)(H,78,99)(H,91,92)(H,104,105)/t29-,30?,31?,32+,33?,34?,35+,36+,39+,40+,41+,45-,46-,47?,48?,49?,51+,52+,53-,54-,55-,56+,57+,58?,59-,60?,61+,67-,68+,69+,71+/m1/s1. The van der Waals surface area contributed by atoms with Gasteiger partial charge in [0.15, 0.2) is 42.0 Å². The minimum atomic E-state index is -3.07. The Bertz CT molecular complexity index is 3340. The Labute approximate surface area is 650 Å². The van der Waals surface area contributed by atoms with Gasteiger partial charge in [-0.2, -0.15) is 0 Å². The van der Waals surface area contributed by atoms with Gasteiger partial charge in [0.25, 0.3) is 5.79 Å². The monoisotopic (exact) mass is 1620 g/mol. The van der Waals surface area contributed by atoms with E-state index in [0.717, 1.165) is 4.90 Å². The van der Waals surface area contributed by atoms with Gasteiger partial charge in [-0.3, -0.25) is 47.9 Å². The summed E-state index contributed by atoms with van der Waals surface area (Å²) in [6.45, 7) is 7.24. The second kappa shape index (κ2) is 43.0. The van der Waals surface area contributed by atoms with E-state index >= 15 is 0 Å². The topological polar surface area (TPSA) is 671 Å². The second-order valence-corrected chi connectivity index (χ2v) is 30.2. The van der Waals surface area contributed by atoms with Crippen molar-refractivity contribution in [2.75, 3.05) is 46.1 Å². The largest absolute Gasteiger partial charge is 0.481 e. The van der Waals surface area contributed by atoms with Gasteiger partial charge in [0, 0.05) is 80.6 Å². The molecule has 31 atom stereocenters. The maximum Gasteiger partial charge on any atom is 0.364 e. The van der Waals surface area contributed by atoms with Crippen molar-refractivity contribution in [3.8, 4) is 0 Å². The molecule has 5 aliphatic heterocycles. The number of aliphatic hydroxyl groups excluding tert-OH is 13. The van der Waals surface area contributed by atoms with Gasteiger partial charge in [0.1, 0.15) is 79.2 Å². The van der Waals surface area contributed by atoms with Gasteiger partial charge in [-0.05, 0) is 39.5 Å². The first-order chi connectivity index (χ1) is 53.1. The summed E-state index contributed by atoms with van der Waals surface area (Å²) >= 11 is 0. The number of nitrogens with one attached hydrogen (secondary N) is 5. The van der Waals surface area contributed by atoms with Crippen molar-refractivity contribution in [2.45, 2.75) is 273 Å². The molecule has 0 spiro atoms. The van der Waals surface area contributed by atoms with Crippen molar-refractivity contribution >= 4 is 64.6 Å². The predicted octanol–water partition coefficient (Wildman–Crippen LogP) is -8.22. The molecule has 1 aromatic rings. The fourth-order valence-electron chi connectivity index (χ4n) is 14.3. The van der Waals surface area contributed by atoms with E-state index in [4.69, 9.17) is 43.6 Å². The maximum absolute atomic E-state index is 14.5. The van der Waals surface area contributed by atoms with Crippen LogP contribution in [-0.2, 0) is 97.1 Å². The summed E-state index contributed by atoms with van der Waals surface area (Å²) in [5.74, 6) is -22.6. The molecule has 1 aromatic heterocycles. The van der Waals surface area contributed by atoms with E-state index in [1.54, 1.807) is 13.8 Å². The van der Waals surface area contributed by atoms with Crippen LogP contribution in [-0.4, -0.2) is 355 Å². The van der Waals surface area contributed by atoms with Crippen LogP contribution in [0.2, 0.25) is 0 Å². The minimum absolute atomic E-state index is 0.00859. The fourth-order valence-corrected chi connectivity index (χ4v) is 14.3. The molecule has 642 valence electrons. The van der Waals surface area contributed by atoms with Crippen molar-refractivity contribution in [3.05, 3.63) is 18.2 Å². The summed E-state index contributed by atoms with van der Waals surface area (Å²) in [5.41, 5.74) is 6.53. The Balaban J connectivity index is 1.15. The number of rotatable bonds is 43. The summed E-state index contributed by atoms with van der Waals surface area (Å²) in [5, 5.41) is 171. The second-order valence-electron chi connectivity index (χ2n) is 30.2. The Morgan fingerprint density at radius 3 is 1.89 bits per heavy atom. The van der Waals surface area contributed by atoms with Crippen LogP contribution in [0.15, 0.2) is 12.5 Å². The number of carbonyl (C=O) groups is 11. The molecule has 0 aromatic carbocycles. The summed E-state index contributed by atoms with van der Waals surface area (Å²) in [7, 11) is 0. The van der Waals surface area contributed by atoms with Crippen molar-refractivity contribution < 1.29 is 167 Å². The van der Waals surface area contributed by atoms with E-state index in [-0.39, 0.29) is 32.2 Å². The quantitative estimate of drug-likeness (QED) is 0.0289. The average molecular weight is 1620 g/mol. The normalized spacial score (nSPS) is 32.4. The number of Topliss-reactive ketones (excluding diaryl/α,β-unsaturated/α-hetero) is 4. The van der Waals surface area contributed by atoms with Gasteiger partial charge in [-0.15, -0.1) is 0 Å². The zero-order valence-electron chi connectivity index (χ0n) is 64.3. The molecule has 0 bridgehead atoms. The van der Waals surface area contributed by atoms with Gasteiger partial charge < -0.3 is 151 Å². The number of hydrogen-bond acceptors (Lipinski definition) is 34. The number of aliphatic hydroxyl groups is 13. The molecule has 9 unspecified atom stereocenters. The lowest BCUT2D eigenvalue weighted by atomic mass is 9.84. The third-order valence-electron chi connectivity index (χ3n) is 21.4. The number of nitrogens with zero attached hydrogens (tertiary/aromatic N) is 2. The molecule has 42 nitrogen and oxygen atoms in total. The average Bonchev–Trinajstić information content (AvgIpc) is 1.66. The van der Waals surface area contributed by atoms with Gasteiger partial charge in [-0.1, -0.05) is 41.5 Å². The van der Waals surface area contributed by atoms with E-state index in [2.05, 4.69) is 31.2 Å². The summed E-state index contributed by atoms with van der Waals surface area (Å²) in [4.78, 5) is 157. The molecule has 22 N–H and O–H groups in total. The zero-order valence-corrected chi connectivity index (χ0v) is 64.3. The molecule has 0 aliphatic carbocycles. The number of imidazole rings is 1. The molecule has 0 saturated carbocycles. The highest BCUT2D eigenvalue weighted by atomic mass is 16.8. The first-order valence-corrected chi connectivity index (χ1v) is 37.7. The molecule has 5 amide bonds. The van der Waals surface area contributed by atoms with Crippen LogP contribution in [0.1, 0.15) is 119 Å². The number of carboxylic acids is 2. The molecule has 42 heteroatoms. The molecule has 0 radical (unpaired) electrons. The number of ether oxygens (including phenoxy) is 8. The number of carbonyl (C=O) groups excluding carboxylic acids is 9. The molecule has 113 heavy (non-hydrogen) atoms. The van der Waals surface area contributed by atoms with Crippen LogP contribution in [0.25, 0.3) is 0 Å². The Morgan fingerprint density at radius 2 is 1.31 bits per heavy atom. The number of aromatic amines is 1.